The van der Waals surface area contributed by atoms with Crippen LogP contribution in [0, 0.1) is 0 Å². The molecule has 0 saturated carbocycles. The summed E-state index contributed by atoms with van der Waals surface area (Å²) in [5.74, 6) is -4.22. The number of aliphatic hydroxyl groups is 2. The molecule has 2 rings (SSSR count). The average Bonchev–Trinajstić information content (AvgIpc) is 3.02. The highest BCUT2D eigenvalue weighted by molar-refractivity contribution is 7.66. The summed E-state index contributed by atoms with van der Waals surface area (Å²) in [7, 11) is -17.2. The number of phosphoric acid groups is 3. The van der Waals surface area contributed by atoms with Crippen molar-refractivity contribution in [3.8, 4) is 0 Å². The van der Waals surface area contributed by atoms with Gasteiger partial charge in [-0.3, -0.25) is 33.8 Å². The highest BCUT2D eigenvalue weighted by Crippen LogP contribution is 2.66. The molecule has 20 nitrogen and oxygen atoms in total. The van der Waals surface area contributed by atoms with Gasteiger partial charge >= 0.3 is 41.2 Å². The molecular formula is C14H17F3N3O17P3. The van der Waals surface area contributed by atoms with Crippen LogP contribution in [0.25, 0.3) is 6.08 Å². The number of rotatable bonds is 10. The lowest BCUT2D eigenvalue weighted by Gasteiger charge is -2.19. The Morgan fingerprint density at radius 3 is 2.23 bits per heavy atom. The molecular weight excluding hydrogens is 632 g/mol. The molecule has 0 radical (unpaired) electrons. The van der Waals surface area contributed by atoms with Crippen LogP contribution in [0.15, 0.2) is 21.9 Å². The number of nitrogens with one attached hydrogen (secondary N) is 2. The molecule has 0 aromatic carbocycles. The van der Waals surface area contributed by atoms with Crippen LogP contribution in [-0.4, -0.2) is 82.2 Å². The van der Waals surface area contributed by atoms with Crippen molar-refractivity contribution in [3.63, 3.8) is 0 Å². The molecule has 1 aliphatic rings. The Balaban J connectivity index is 2.18. The Morgan fingerprint density at radius 2 is 1.68 bits per heavy atom. The monoisotopic (exact) mass is 649 g/mol. The van der Waals surface area contributed by atoms with E-state index >= 15 is 0 Å². The molecule has 8 N–H and O–H groups in total. The molecule has 226 valence electrons. The van der Waals surface area contributed by atoms with Crippen LogP contribution in [-0.2, 0) is 41.2 Å². The number of nitrogens with zero attached hydrogens (tertiary/aromatic N) is 1. The van der Waals surface area contributed by atoms with Crippen molar-refractivity contribution in [3.05, 3.63) is 38.7 Å². The number of halogens is 3. The van der Waals surface area contributed by atoms with E-state index in [0.29, 0.717) is 22.9 Å². The Hall–Kier alpha value is -2.36. The second-order valence-corrected chi connectivity index (χ2v) is 11.8. The first-order valence-corrected chi connectivity index (χ1v) is 14.3. The summed E-state index contributed by atoms with van der Waals surface area (Å²) in [5, 5.41) is 21.3. The fourth-order valence-corrected chi connectivity index (χ4v) is 5.80. The molecule has 1 aromatic rings. The quantitative estimate of drug-likeness (QED) is 0.0977. The highest BCUT2D eigenvalue weighted by Gasteiger charge is 2.47. The number of carbonyl (C=O) groups excluding carboxylic acids is 2. The van der Waals surface area contributed by atoms with Crippen molar-refractivity contribution in [1.29, 1.82) is 0 Å². The molecule has 0 aliphatic carbocycles. The van der Waals surface area contributed by atoms with Crippen LogP contribution in [0.2, 0.25) is 0 Å². The van der Waals surface area contributed by atoms with Gasteiger partial charge in [-0.2, -0.15) is 21.8 Å². The van der Waals surface area contributed by atoms with E-state index in [9.17, 15) is 61.2 Å². The van der Waals surface area contributed by atoms with Crippen LogP contribution in [0.4, 0.5) is 13.2 Å². The molecule has 0 spiro atoms. The number of imide groups is 1. The topological polar surface area (TPSA) is 311 Å². The maximum absolute atomic E-state index is 12.2. The van der Waals surface area contributed by atoms with Gasteiger partial charge in [0.05, 0.1) is 12.2 Å². The first-order chi connectivity index (χ1) is 18.0. The van der Waals surface area contributed by atoms with Gasteiger partial charge in [0.15, 0.2) is 6.23 Å². The van der Waals surface area contributed by atoms with Gasteiger partial charge in [0.2, 0.25) is 0 Å². The van der Waals surface area contributed by atoms with Crippen molar-refractivity contribution < 1.29 is 84.1 Å². The second-order valence-electron chi connectivity index (χ2n) is 7.33. The molecule has 2 amide bonds. The summed E-state index contributed by atoms with van der Waals surface area (Å²) in [6.45, 7) is -1.24. The van der Waals surface area contributed by atoms with E-state index in [2.05, 4.69) is 13.1 Å². The molecule has 1 saturated heterocycles. The maximum atomic E-state index is 12.2. The van der Waals surface area contributed by atoms with Crippen molar-refractivity contribution >= 4 is 41.4 Å². The van der Waals surface area contributed by atoms with Crippen molar-refractivity contribution in [2.24, 2.45) is 0 Å². The lowest BCUT2D eigenvalue weighted by Crippen LogP contribution is -2.40. The number of alkyl halides is 3. The van der Waals surface area contributed by atoms with Crippen molar-refractivity contribution in [2.45, 2.75) is 30.7 Å². The van der Waals surface area contributed by atoms with E-state index in [4.69, 9.17) is 19.4 Å². The molecule has 1 aromatic heterocycles. The Morgan fingerprint density at radius 1 is 1.07 bits per heavy atom. The number of hydrogen-bond donors (Lipinski definition) is 8. The first-order valence-electron chi connectivity index (χ1n) is 9.77. The SMILES string of the molecule is O=C(/C=C/c1cn([C@@H]2O[C@H](COP(=O)(O)OP(=O)(O)OP(=O)(O)O)C(O)[C@@H]2O)c(=O)[nH]c1=O)NC(=O)C(F)(F)F. The lowest BCUT2D eigenvalue weighted by atomic mass is 10.1. The fraction of sp³-hybridized carbons (Fsp3) is 0.429. The number of aromatic amines is 1. The van der Waals surface area contributed by atoms with Gasteiger partial charge in [0.1, 0.15) is 18.3 Å². The molecule has 6 atom stereocenters. The van der Waals surface area contributed by atoms with Crippen LogP contribution in [0.1, 0.15) is 11.8 Å². The van der Waals surface area contributed by atoms with E-state index in [1.54, 1.807) is 4.98 Å². The van der Waals surface area contributed by atoms with E-state index in [-0.39, 0.29) is 0 Å². The normalized spacial score (nSPS) is 24.9. The number of amides is 2. The summed E-state index contributed by atoms with van der Waals surface area (Å²) in [6, 6.07) is 0. The summed E-state index contributed by atoms with van der Waals surface area (Å²) in [5.41, 5.74) is -3.12. The summed E-state index contributed by atoms with van der Waals surface area (Å²) >= 11 is 0. The minimum atomic E-state index is -5.87. The smallest absolute Gasteiger partial charge is 0.387 e. The number of aliphatic hydroxyl groups excluding tert-OH is 2. The predicted octanol–water partition coefficient (Wildman–Crippen LogP) is -2.28. The first kappa shape index (κ1) is 33.8. The van der Waals surface area contributed by atoms with Crippen LogP contribution < -0.4 is 16.6 Å². The summed E-state index contributed by atoms with van der Waals surface area (Å²) in [4.78, 5) is 83.7. The van der Waals surface area contributed by atoms with Gasteiger partial charge < -0.3 is 34.5 Å². The average molecular weight is 649 g/mol. The second kappa shape index (κ2) is 12.2. The minimum absolute atomic E-state index is 0.315. The molecule has 0 bridgehead atoms. The number of phosphoric ester groups is 1. The standard InChI is InChI=1S/C14H17F3N3O17P3/c15-14(16,17)12(25)18-7(21)2-1-5-3-20(13(26)19-10(5)24)11-9(23)8(22)6(35-11)4-34-39(30,31)37-40(32,33)36-38(27,28)29/h1-3,6,8-9,11,22-23H,4H2,(H,30,31)(H,32,33)(H,18,21,25)(H,19,24,26)(H2,27,28,29)/b2-1+/t6-,8?,9+,11-/m1/s1. The Kier molecular flexibility index (Phi) is 10.4. The predicted molar refractivity (Wildman–Crippen MR) is 115 cm³/mol. The van der Waals surface area contributed by atoms with Gasteiger partial charge in [0, 0.05) is 12.3 Å². The number of H-pyrrole nitrogens is 1. The highest BCUT2D eigenvalue weighted by atomic mass is 31.3. The van der Waals surface area contributed by atoms with Crippen LogP contribution in [0.3, 0.4) is 0 Å². The molecule has 2 heterocycles. The van der Waals surface area contributed by atoms with Crippen molar-refractivity contribution in [2.75, 3.05) is 6.61 Å². The zero-order chi connectivity index (χ0) is 30.8. The van der Waals surface area contributed by atoms with E-state index in [1.165, 1.54) is 0 Å². The molecule has 3 unspecified atom stereocenters. The molecule has 1 aliphatic heterocycles. The fourth-order valence-electron chi connectivity index (χ4n) is 2.77. The van der Waals surface area contributed by atoms with E-state index < -0.39 is 89.4 Å². The van der Waals surface area contributed by atoms with E-state index in [1.807, 2.05) is 0 Å². The third-order valence-corrected chi connectivity index (χ3v) is 8.14. The number of ether oxygens (including phenoxy) is 1. The zero-order valence-corrected chi connectivity index (χ0v) is 21.5. The molecule has 1 fully saturated rings. The van der Waals surface area contributed by atoms with Gasteiger partial charge in [-0.15, -0.1) is 0 Å². The van der Waals surface area contributed by atoms with Gasteiger partial charge in [-0.05, 0) is 6.08 Å². The number of carbonyl (C=O) groups is 2. The number of aromatic nitrogens is 2. The zero-order valence-electron chi connectivity index (χ0n) is 18.8. The Labute approximate surface area is 217 Å². The van der Waals surface area contributed by atoms with Crippen LogP contribution >= 0.6 is 23.5 Å². The summed E-state index contributed by atoms with van der Waals surface area (Å²) in [6.07, 6.45) is -11.7. The van der Waals surface area contributed by atoms with Crippen molar-refractivity contribution in [1.82, 2.24) is 14.9 Å². The Bertz CT molecular complexity index is 1430. The summed E-state index contributed by atoms with van der Waals surface area (Å²) < 4.78 is 87.3. The maximum Gasteiger partial charge on any atom is 0.490 e. The van der Waals surface area contributed by atoms with Gasteiger partial charge in [0.25, 0.3) is 11.5 Å². The minimum Gasteiger partial charge on any atom is -0.387 e. The molecule has 26 heteroatoms. The number of hydrogen-bond acceptors (Lipinski definition) is 13. The van der Waals surface area contributed by atoms with Gasteiger partial charge in [-0.25, -0.2) is 18.5 Å². The lowest BCUT2D eigenvalue weighted by molar-refractivity contribution is -0.174. The van der Waals surface area contributed by atoms with E-state index in [0.717, 1.165) is 5.32 Å². The van der Waals surface area contributed by atoms with Crippen LogP contribution in [0.5, 0.6) is 0 Å². The third-order valence-electron chi connectivity index (χ3n) is 4.33. The largest absolute Gasteiger partial charge is 0.490 e. The third kappa shape index (κ3) is 9.63. The molecule has 40 heavy (non-hydrogen) atoms. The van der Waals surface area contributed by atoms with Gasteiger partial charge in [-0.1, -0.05) is 0 Å².